The van der Waals surface area contributed by atoms with Crippen LogP contribution in [0.25, 0.3) is 6.08 Å². The van der Waals surface area contributed by atoms with Crippen molar-refractivity contribution in [3.05, 3.63) is 35.4 Å². The third-order valence-electron chi connectivity index (χ3n) is 2.67. The number of ether oxygens (including phenoxy) is 2. The predicted molar refractivity (Wildman–Crippen MR) is 85.4 cm³/mol. The Balaban J connectivity index is 2.71. The summed E-state index contributed by atoms with van der Waals surface area (Å²) >= 11 is 0. The van der Waals surface area contributed by atoms with Gasteiger partial charge in [-0.05, 0) is 37.6 Å². The van der Waals surface area contributed by atoms with E-state index in [0.717, 1.165) is 0 Å². The normalized spacial score (nSPS) is 10.9. The summed E-state index contributed by atoms with van der Waals surface area (Å²) in [6.45, 7) is 3.36. The lowest BCUT2D eigenvalue weighted by atomic mass is 10.1. The molecule has 6 heteroatoms. The number of nitrogens with zero attached hydrogens (tertiary/aromatic N) is 2. The molecule has 0 aliphatic carbocycles. The minimum atomic E-state index is -0.438. The van der Waals surface area contributed by atoms with Crippen LogP contribution in [0.5, 0.6) is 5.75 Å². The zero-order valence-corrected chi connectivity index (χ0v) is 13.7. The Morgan fingerprint density at radius 2 is 1.87 bits per heavy atom. The van der Waals surface area contributed by atoms with E-state index in [9.17, 15) is 9.59 Å². The number of esters is 1. The van der Waals surface area contributed by atoms with Crippen LogP contribution in [-0.4, -0.2) is 43.6 Å². The van der Waals surface area contributed by atoms with Gasteiger partial charge in [0, 0.05) is 14.1 Å². The van der Waals surface area contributed by atoms with Gasteiger partial charge in [-0.15, -0.1) is 0 Å². The van der Waals surface area contributed by atoms with Crippen molar-refractivity contribution < 1.29 is 19.1 Å². The number of carbonyl (C=O) groups excluding carboxylic acids is 2. The molecule has 0 heterocycles. The van der Waals surface area contributed by atoms with Crippen LogP contribution in [0.1, 0.15) is 19.4 Å². The molecule has 1 aromatic carbocycles. The minimum absolute atomic E-state index is 0.0455. The van der Waals surface area contributed by atoms with Crippen molar-refractivity contribution in [2.24, 2.45) is 0 Å². The van der Waals surface area contributed by atoms with E-state index in [-0.39, 0.29) is 24.2 Å². The molecule has 0 aliphatic heterocycles. The molecule has 0 saturated carbocycles. The maximum absolute atomic E-state index is 11.8. The van der Waals surface area contributed by atoms with E-state index in [1.54, 1.807) is 52.2 Å². The van der Waals surface area contributed by atoms with Gasteiger partial charge in [-0.1, -0.05) is 12.1 Å². The molecule has 0 atom stereocenters. The van der Waals surface area contributed by atoms with Crippen LogP contribution >= 0.6 is 0 Å². The fourth-order valence-corrected chi connectivity index (χ4v) is 1.65. The average molecular weight is 316 g/mol. The molecular weight excluding hydrogens is 296 g/mol. The van der Waals surface area contributed by atoms with Gasteiger partial charge in [0.25, 0.3) is 5.91 Å². The van der Waals surface area contributed by atoms with Crippen LogP contribution < -0.4 is 4.74 Å². The Kier molecular flexibility index (Phi) is 6.81. The highest BCUT2D eigenvalue weighted by atomic mass is 16.6. The second kappa shape index (κ2) is 8.59. The lowest BCUT2D eigenvalue weighted by Gasteiger charge is -2.10. The summed E-state index contributed by atoms with van der Waals surface area (Å²) in [5.74, 6) is -0.295. The number of carbonyl (C=O) groups is 2. The Bertz CT molecular complexity index is 625. The Morgan fingerprint density at radius 3 is 2.35 bits per heavy atom. The summed E-state index contributed by atoms with van der Waals surface area (Å²) in [6, 6.07) is 8.59. The van der Waals surface area contributed by atoms with E-state index in [4.69, 9.17) is 14.7 Å². The molecule has 0 N–H and O–H groups in total. The van der Waals surface area contributed by atoms with Gasteiger partial charge in [-0.25, -0.2) is 4.79 Å². The molecule has 0 unspecified atom stereocenters. The number of likely N-dealkylation sites (N-methyl/N-ethyl adjacent to an activating group) is 1. The first-order valence-electron chi connectivity index (χ1n) is 7.09. The van der Waals surface area contributed by atoms with Gasteiger partial charge < -0.3 is 14.4 Å². The summed E-state index contributed by atoms with van der Waals surface area (Å²) in [7, 11) is 3.17. The maximum atomic E-state index is 11.8. The second-order valence-corrected chi connectivity index (χ2v) is 5.27. The average Bonchev–Trinajstić information content (AvgIpc) is 2.50. The first-order chi connectivity index (χ1) is 10.8. The highest BCUT2D eigenvalue weighted by Crippen LogP contribution is 2.15. The van der Waals surface area contributed by atoms with Gasteiger partial charge in [0.05, 0.1) is 6.10 Å². The highest BCUT2D eigenvalue weighted by Gasteiger charge is 2.11. The fourth-order valence-electron chi connectivity index (χ4n) is 1.65. The third-order valence-corrected chi connectivity index (χ3v) is 2.67. The van der Waals surface area contributed by atoms with E-state index in [0.29, 0.717) is 11.3 Å². The highest BCUT2D eigenvalue weighted by molar-refractivity contribution is 6.01. The van der Waals surface area contributed by atoms with Crippen molar-refractivity contribution in [1.82, 2.24) is 4.90 Å². The molecular formula is C17H20N2O4. The Labute approximate surface area is 135 Å². The predicted octanol–water partition coefficient (Wildman–Crippen LogP) is 2.01. The van der Waals surface area contributed by atoms with E-state index >= 15 is 0 Å². The van der Waals surface area contributed by atoms with Gasteiger partial charge in [-0.2, -0.15) is 5.26 Å². The molecule has 0 aromatic heterocycles. The SMILES string of the molecule is CC(C)OC(=O)COc1ccc(/C=C(/C#N)C(=O)N(C)C)cc1. The molecule has 0 bridgehead atoms. The van der Waals surface area contributed by atoms with E-state index in [1.165, 1.54) is 11.0 Å². The molecule has 0 fully saturated rings. The molecule has 0 aliphatic rings. The molecule has 0 spiro atoms. The zero-order valence-electron chi connectivity index (χ0n) is 13.7. The van der Waals surface area contributed by atoms with Crippen LogP contribution in [0.15, 0.2) is 29.8 Å². The Morgan fingerprint density at radius 1 is 1.26 bits per heavy atom. The van der Waals surface area contributed by atoms with E-state index < -0.39 is 5.97 Å². The number of amides is 1. The van der Waals surface area contributed by atoms with Crippen molar-refractivity contribution in [2.45, 2.75) is 20.0 Å². The molecule has 0 saturated heterocycles. The van der Waals surface area contributed by atoms with Crippen LogP contribution in [0.2, 0.25) is 0 Å². The van der Waals surface area contributed by atoms with Crippen molar-refractivity contribution in [2.75, 3.05) is 20.7 Å². The fraction of sp³-hybridized carbons (Fsp3) is 0.353. The number of benzene rings is 1. The second-order valence-electron chi connectivity index (χ2n) is 5.27. The molecule has 0 radical (unpaired) electrons. The van der Waals surface area contributed by atoms with Gasteiger partial charge in [-0.3, -0.25) is 4.79 Å². The number of hydrogen-bond acceptors (Lipinski definition) is 5. The van der Waals surface area contributed by atoms with Gasteiger partial charge in [0.2, 0.25) is 0 Å². The van der Waals surface area contributed by atoms with Crippen molar-refractivity contribution >= 4 is 18.0 Å². The third kappa shape index (κ3) is 6.22. The monoisotopic (exact) mass is 316 g/mol. The smallest absolute Gasteiger partial charge is 0.344 e. The lowest BCUT2D eigenvalue weighted by Crippen LogP contribution is -2.22. The van der Waals surface area contributed by atoms with Gasteiger partial charge in [0.15, 0.2) is 6.61 Å². The van der Waals surface area contributed by atoms with Gasteiger partial charge >= 0.3 is 5.97 Å². The zero-order chi connectivity index (χ0) is 17.4. The van der Waals surface area contributed by atoms with Crippen molar-refractivity contribution in [3.8, 4) is 11.8 Å². The Hall–Kier alpha value is -2.81. The standard InChI is InChI=1S/C17H20N2O4/c1-12(2)23-16(20)11-22-15-7-5-13(6-8-15)9-14(10-18)17(21)19(3)4/h5-9,12H,11H2,1-4H3/b14-9-. The van der Waals surface area contributed by atoms with E-state index in [1.807, 2.05) is 6.07 Å². The maximum Gasteiger partial charge on any atom is 0.344 e. The van der Waals surface area contributed by atoms with Crippen molar-refractivity contribution in [3.63, 3.8) is 0 Å². The van der Waals surface area contributed by atoms with Crippen LogP contribution in [0.4, 0.5) is 0 Å². The lowest BCUT2D eigenvalue weighted by molar-refractivity contribution is -0.149. The quantitative estimate of drug-likeness (QED) is 0.456. The first-order valence-corrected chi connectivity index (χ1v) is 7.09. The van der Waals surface area contributed by atoms with Crippen LogP contribution in [-0.2, 0) is 14.3 Å². The first kappa shape index (κ1) is 18.2. The molecule has 23 heavy (non-hydrogen) atoms. The molecule has 1 rings (SSSR count). The van der Waals surface area contributed by atoms with Crippen LogP contribution in [0, 0.1) is 11.3 Å². The molecule has 122 valence electrons. The minimum Gasteiger partial charge on any atom is -0.482 e. The number of rotatable bonds is 6. The molecule has 1 aromatic rings. The number of nitriles is 1. The topological polar surface area (TPSA) is 79.6 Å². The van der Waals surface area contributed by atoms with Crippen LogP contribution in [0.3, 0.4) is 0 Å². The summed E-state index contributed by atoms with van der Waals surface area (Å²) in [4.78, 5) is 24.5. The van der Waals surface area contributed by atoms with Crippen molar-refractivity contribution in [1.29, 1.82) is 5.26 Å². The summed E-state index contributed by atoms with van der Waals surface area (Å²) in [5, 5.41) is 9.04. The largest absolute Gasteiger partial charge is 0.482 e. The summed E-state index contributed by atoms with van der Waals surface area (Å²) in [6.07, 6.45) is 1.32. The van der Waals surface area contributed by atoms with Gasteiger partial charge in [0.1, 0.15) is 17.4 Å². The summed E-state index contributed by atoms with van der Waals surface area (Å²) < 4.78 is 10.3. The van der Waals surface area contributed by atoms with E-state index in [2.05, 4.69) is 0 Å². The molecule has 1 amide bonds. The number of hydrogen-bond donors (Lipinski definition) is 0. The summed E-state index contributed by atoms with van der Waals surface area (Å²) in [5.41, 5.74) is 0.734. The molecule has 6 nitrogen and oxygen atoms in total.